The Labute approximate surface area is 170 Å². The number of ketones is 1. The summed E-state index contributed by atoms with van der Waals surface area (Å²) in [6.45, 7) is 3.19. The summed E-state index contributed by atoms with van der Waals surface area (Å²) in [5.74, 6) is 0.520. The lowest BCUT2D eigenvalue weighted by molar-refractivity contribution is 0.0941. The van der Waals surface area contributed by atoms with E-state index in [0.29, 0.717) is 10.9 Å². The minimum atomic E-state index is -0.108. The van der Waals surface area contributed by atoms with Crippen molar-refractivity contribution in [3.05, 3.63) is 58.6 Å². The van der Waals surface area contributed by atoms with Crippen LogP contribution >= 0.6 is 35.8 Å². The Balaban J connectivity index is 0.00000169. The first kappa shape index (κ1) is 23.0. The van der Waals surface area contributed by atoms with Gasteiger partial charge in [-0.25, -0.2) is 0 Å². The summed E-state index contributed by atoms with van der Waals surface area (Å²) in [6, 6.07) is 13.9. The second-order valence-electron chi connectivity index (χ2n) is 6.80. The quantitative estimate of drug-likeness (QED) is 0.711. The molecule has 0 spiro atoms. The number of benzene rings is 2. The van der Waals surface area contributed by atoms with E-state index in [-0.39, 0.29) is 29.6 Å². The smallest absolute Gasteiger partial charge is 0.171 e. The molecule has 6 heteroatoms. The Morgan fingerprint density at radius 1 is 1.15 bits per heavy atom. The standard InChI is InChI=1S/C20H22ClNOS.ClH.H2O/c1-13(12-22(2)3)10-16-15-6-4-5-7-18(15)24-19-9-8-14(21)11-17(19)20(16)23;;/h4-9,11,13,16H,10,12H2,1-3H3;1H;1H2. The van der Waals surface area contributed by atoms with E-state index >= 15 is 0 Å². The number of carbonyl (C=O) groups is 1. The second kappa shape index (κ2) is 9.77. The fraction of sp³-hybridized carbons (Fsp3) is 0.350. The predicted octanol–water partition coefficient (Wildman–Crippen LogP) is 4.96. The summed E-state index contributed by atoms with van der Waals surface area (Å²) in [7, 11) is 4.15. The van der Waals surface area contributed by atoms with Crippen LogP contribution in [0.25, 0.3) is 0 Å². The minimum Gasteiger partial charge on any atom is -0.412 e. The number of Topliss-reactive ketones (excluding diaryl/α,β-unsaturated/α-hetero) is 1. The monoisotopic (exact) mass is 413 g/mol. The highest BCUT2D eigenvalue weighted by atomic mass is 35.5. The molecule has 0 saturated heterocycles. The van der Waals surface area contributed by atoms with Gasteiger partial charge >= 0.3 is 0 Å². The van der Waals surface area contributed by atoms with Crippen molar-refractivity contribution >= 4 is 41.6 Å². The van der Waals surface area contributed by atoms with E-state index in [0.717, 1.165) is 29.0 Å². The van der Waals surface area contributed by atoms with Gasteiger partial charge in [0.1, 0.15) is 0 Å². The highest BCUT2D eigenvalue weighted by Crippen LogP contribution is 2.44. The maximum Gasteiger partial charge on any atom is 0.171 e. The van der Waals surface area contributed by atoms with Gasteiger partial charge in [-0.05, 0) is 56.3 Å². The Hall–Kier alpha value is -1.04. The van der Waals surface area contributed by atoms with Gasteiger partial charge in [0, 0.05) is 32.8 Å². The molecule has 26 heavy (non-hydrogen) atoms. The van der Waals surface area contributed by atoms with Crippen molar-refractivity contribution in [3.63, 3.8) is 0 Å². The zero-order valence-electron chi connectivity index (χ0n) is 15.2. The molecule has 0 aliphatic carbocycles. The van der Waals surface area contributed by atoms with Gasteiger partial charge < -0.3 is 10.4 Å². The molecule has 0 fully saturated rings. The van der Waals surface area contributed by atoms with Crippen LogP contribution in [-0.4, -0.2) is 36.8 Å². The summed E-state index contributed by atoms with van der Waals surface area (Å²) in [5.41, 5.74) is 1.90. The molecule has 0 amide bonds. The van der Waals surface area contributed by atoms with Gasteiger partial charge in [-0.15, -0.1) is 12.4 Å². The number of carbonyl (C=O) groups excluding carboxylic acids is 1. The third-order valence-electron chi connectivity index (χ3n) is 4.35. The van der Waals surface area contributed by atoms with Gasteiger partial charge in [-0.2, -0.15) is 0 Å². The van der Waals surface area contributed by atoms with Crippen LogP contribution in [-0.2, 0) is 0 Å². The molecule has 2 aromatic carbocycles. The Bertz CT molecular complexity index is 767. The lowest BCUT2D eigenvalue weighted by Gasteiger charge is -2.23. The zero-order chi connectivity index (χ0) is 17.3. The summed E-state index contributed by atoms with van der Waals surface area (Å²) >= 11 is 7.83. The van der Waals surface area contributed by atoms with Gasteiger partial charge in [0.05, 0.1) is 0 Å². The topological polar surface area (TPSA) is 51.8 Å². The molecule has 1 heterocycles. The average molecular weight is 414 g/mol. The predicted molar refractivity (Wildman–Crippen MR) is 112 cm³/mol. The molecular weight excluding hydrogens is 389 g/mol. The molecule has 3 rings (SSSR count). The van der Waals surface area contributed by atoms with Crippen LogP contribution in [0.4, 0.5) is 0 Å². The molecule has 2 atom stereocenters. The lowest BCUT2D eigenvalue weighted by Crippen LogP contribution is -2.24. The van der Waals surface area contributed by atoms with Crippen molar-refractivity contribution in [2.45, 2.75) is 29.1 Å². The van der Waals surface area contributed by atoms with Gasteiger partial charge in [-0.3, -0.25) is 4.79 Å². The second-order valence-corrected chi connectivity index (χ2v) is 8.32. The van der Waals surface area contributed by atoms with Crippen molar-refractivity contribution < 1.29 is 10.3 Å². The van der Waals surface area contributed by atoms with Crippen molar-refractivity contribution in [1.82, 2.24) is 4.90 Å². The van der Waals surface area contributed by atoms with Crippen LogP contribution in [0.2, 0.25) is 5.02 Å². The molecule has 2 unspecified atom stereocenters. The van der Waals surface area contributed by atoms with E-state index in [4.69, 9.17) is 11.6 Å². The summed E-state index contributed by atoms with van der Waals surface area (Å²) in [5, 5.41) is 0.619. The Morgan fingerprint density at radius 3 is 2.54 bits per heavy atom. The van der Waals surface area contributed by atoms with Crippen molar-refractivity contribution in [2.75, 3.05) is 20.6 Å². The fourth-order valence-electron chi connectivity index (χ4n) is 3.43. The Morgan fingerprint density at radius 2 is 1.85 bits per heavy atom. The van der Waals surface area contributed by atoms with Gasteiger partial charge in [-0.1, -0.05) is 48.5 Å². The largest absolute Gasteiger partial charge is 0.412 e. The number of fused-ring (bicyclic) bond motifs is 2. The summed E-state index contributed by atoms with van der Waals surface area (Å²) in [6.07, 6.45) is 0.848. The molecule has 1 aliphatic heterocycles. The third kappa shape index (κ3) is 5.02. The fourth-order valence-corrected chi connectivity index (χ4v) is 4.72. The lowest BCUT2D eigenvalue weighted by atomic mass is 9.84. The molecule has 0 aromatic heterocycles. The number of halogens is 2. The highest BCUT2D eigenvalue weighted by Gasteiger charge is 2.31. The van der Waals surface area contributed by atoms with Crippen molar-refractivity contribution in [2.24, 2.45) is 5.92 Å². The van der Waals surface area contributed by atoms with E-state index in [1.807, 2.05) is 30.3 Å². The van der Waals surface area contributed by atoms with Gasteiger partial charge in [0.2, 0.25) is 0 Å². The first-order chi connectivity index (χ1) is 11.5. The number of hydrogen-bond acceptors (Lipinski definition) is 3. The van der Waals surface area contributed by atoms with E-state index < -0.39 is 0 Å². The van der Waals surface area contributed by atoms with Crippen molar-refractivity contribution in [3.8, 4) is 0 Å². The average Bonchev–Trinajstić information content (AvgIpc) is 2.63. The zero-order valence-corrected chi connectivity index (χ0v) is 17.5. The van der Waals surface area contributed by atoms with Gasteiger partial charge in [0.15, 0.2) is 5.78 Å². The van der Waals surface area contributed by atoms with E-state index in [9.17, 15) is 4.79 Å². The normalized spacial score (nSPS) is 16.7. The van der Waals surface area contributed by atoms with E-state index in [1.54, 1.807) is 11.8 Å². The highest BCUT2D eigenvalue weighted by molar-refractivity contribution is 7.99. The van der Waals surface area contributed by atoms with Gasteiger partial charge in [0.25, 0.3) is 0 Å². The minimum absolute atomic E-state index is 0. The molecular formula is C20H25Cl2NO2S. The Kier molecular flexibility index (Phi) is 8.64. The molecule has 142 valence electrons. The van der Waals surface area contributed by atoms with E-state index in [2.05, 4.69) is 38.1 Å². The maximum absolute atomic E-state index is 13.3. The first-order valence-corrected chi connectivity index (χ1v) is 9.40. The summed E-state index contributed by atoms with van der Waals surface area (Å²) in [4.78, 5) is 17.6. The molecule has 2 N–H and O–H groups in total. The number of hydrogen-bond donors (Lipinski definition) is 0. The number of nitrogens with zero attached hydrogens (tertiary/aromatic N) is 1. The molecule has 1 aliphatic rings. The molecule has 0 radical (unpaired) electrons. The molecule has 2 aromatic rings. The van der Waals surface area contributed by atoms with Crippen molar-refractivity contribution in [1.29, 1.82) is 0 Å². The van der Waals surface area contributed by atoms with E-state index in [1.165, 1.54) is 4.90 Å². The van der Waals surface area contributed by atoms with Crippen LogP contribution in [0.3, 0.4) is 0 Å². The SMILES string of the molecule is CC(CC1C(=O)c2cc(Cl)ccc2Sc2ccccc21)CN(C)C.Cl.O. The van der Waals surface area contributed by atoms with Crippen LogP contribution in [0, 0.1) is 5.92 Å². The molecule has 3 nitrogen and oxygen atoms in total. The molecule has 0 saturated carbocycles. The maximum atomic E-state index is 13.3. The third-order valence-corrected chi connectivity index (χ3v) is 5.76. The number of rotatable bonds is 4. The summed E-state index contributed by atoms with van der Waals surface area (Å²) < 4.78 is 0. The van der Waals surface area contributed by atoms with Crippen LogP contribution in [0.15, 0.2) is 52.3 Å². The van der Waals surface area contributed by atoms with Crippen LogP contribution in [0.5, 0.6) is 0 Å². The van der Waals surface area contributed by atoms with Crippen LogP contribution < -0.4 is 0 Å². The first-order valence-electron chi connectivity index (χ1n) is 8.21. The van der Waals surface area contributed by atoms with Crippen LogP contribution in [0.1, 0.15) is 35.2 Å². The molecule has 0 bridgehead atoms.